The summed E-state index contributed by atoms with van der Waals surface area (Å²) in [6, 6.07) is 11.1. The van der Waals surface area contributed by atoms with Crippen molar-refractivity contribution in [2.75, 3.05) is 20.3 Å². The van der Waals surface area contributed by atoms with Crippen molar-refractivity contribution in [2.45, 2.75) is 69.6 Å². The Bertz CT molecular complexity index is 886. The Hall–Kier alpha value is -1.89. The molecule has 1 aromatic carbocycles. The molecular formula is C25H34ClN3O3. The summed E-state index contributed by atoms with van der Waals surface area (Å²) in [4.78, 5) is 14.5. The SMILES string of the molecule is COC(=O)CC1CN(C2CCC(c3cc(C)n(C)n3)CC2)C(Cc2ccc(Cl)cc2)CO1. The third-order valence-electron chi connectivity index (χ3n) is 7.13. The number of rotatable bonds is 6. The minimum atomic E-state index is -0.208. The van der Waals surface area contributed by atoms with E-state index in [1.54, 1.807) is 0 Å². The van der Waals surface area contributed by atoms with E-state index in [1.165, 1.54) is 24.1 Å². The molecule has 2 heterocycles. The van der Waals surface area contributed by atoms with Gasteiger partial charge in [-0.2, -0.15) is 5.10 Å². The molecule has 1 saturated carbocycles. The Morgan fingerprint density at radius 2 is 1.94 bits per heavy atom. The molecule has 2 aliphatic rings. The molecule has 1 aromatic heterocycles. The fraction of sp³-hybridized carbons (Fsp3) is 0.600. The van der Waals surface area contributed by atoms with Gasteiger partial charge in [-0.15, -0.1) is 0 Å². The lowest BCUT2D eigenvalue weighted by Gasteiger charge is -2.46. The van der Waals surface area contributed by atoms with Crippen LogP contribution in [0.1, 0.15) is 55.0 Å². The van der Waals surface area contributed by atoms with Crippen molar-refractivity contribution in [3.05, 3.63) is 52.3 Å². The zero-order valence-corrected chi connectivity index (χ0v) is 20.1. The monoisotopic (exact) mass is 459 g/mol. The Labute approximate surface area is 195 Å². The number of methoxy groups -OCH3 is 1. The van der Waals surface area contributed by atoms with Gasteiger partial charge in [0.15, 0.2) is 0 Å². The highest BCUT2D eigenvalue weighted by Crippen LogP contribution is 2.36. The fourth-order valence-electron chi connectivity index (χ4n) is 5.18. The number of benzene rings is 1. The summed E-state index contributed by atoms with van der Waals surface area (Å²) in [6.07, 6.45) is 5.69. The maximum Gasteiger partial charge on any atom is 0.308 e. The number of aromatic nitrogens is 2. The maximum atomic E-state index is 11.9. The number of nitrogens with zero attached hydrogens (tertiary/aromatic N) is 3. The first-order chi connectivity index (χ1) is 15.4. The largest absolute Gasteiger partial charge is 0.469 e. The van der Waals surface area contributed by atoms with Crippen molar-refractivity contribution in [2.24, 2.45) is 7.05 Å². The molecule has 0 bridgehead atoms. The summed E-state index contributed by atoms with van der Waals surface area (Å²) in [7, 11) is 3.45. The standard InChI is InChI=1S/C25H34ClN3O3/c1-17-12-24(27-28(17)2)19-6-10-21(11-7-19)29-15-23(14-25(30)31-3)32-16-22(29)13-18-4-8-20(26)9-5-18/h4-5,8-9,12,19,21-23H,6-7,10-11,13-16H2,1-3H3. The number of esters is 1. The highest BCUT2D eigenvalue weighted by Gasteiger charge is 2.37. The van der Waals surface area contributed by atoms with E-state index < -0.39 is 0 Å². The summed E-state index contributed by atoms with van der Waals surface area (Å²) >= 11 is 6.08. The predicted octanol–water partition coefficient (Wildman–Crippen LogP) is 4.28. The lowest BCUT2D eigenvalue weighted by atomic mass is 9.82. The summed E-state index contributed by atoms with van der Waals surface area (Å²) in [5.74, 6) is 0.327. The van der Waals surface area contributed by atoms with Gasteiger partial charge in [-0.25, -0.2) is 0 Å². The van der Waals surface area contributed by atoms with Crippen molar-refractivity contribution in [3.63, 3.8) is 0 Å². The van der Waals surface area contributed by atoms with E-state index >= 15 is 0 Å². The molecule has 1 aliphatic carbocycles. The van der Waals surface area contributed by atoms with Gasteiger partial charge in [0.2, 0.25) is 0 Å². The second kappa shape index (κ2) is 10.4. The third-order valence-corrected chi connectivity index (χ3v) is 7.38. The van der Waals surface area contributed by atoms with Gasteiger partial charge < -0.3 is 9.47 Å². The number of carbonyl (C=O) groups is 1. The number of halogens is 1. The Kier molecular flexibility index (Phi) is 7.54. The number of carbonyl (C=O) groups excluding carboxylic acids is 1. The van der Waals surface area contributed by atoms with Crippen molar-refractivity contribution < 1.29 is 14.3 Å². The van der Waals surface area contributed by atoms with E-state index in [9.17, 15) is 4.79 Å². The first kappa shape index (κ1) is 23.3. The van der Waals surface area contributed by atoms with Gasteiger partial charge in [0.1, 0.15) is 0 Å². The molecule has 2 aromatic rings. The molecule has 0 radical (unpaired) electrons. The van der Waals surface area contributed by atoms with Crippen molar-refractivity contribution in [3.8, 4) is 0 Å². The zero-order valence-electron chi connectivity index (χ0n) is 19.3. The smallest absolute Gasteiger partial charge is 0.308 e. The van der Waals surface area contributed by atoms with Gasteiger partial charge >= 0.3 is 5.97 Å². The number of morpholine rings is 1. The van der Waals surface area contributed by atoms with E-state index in [0.29, 0.717) is 31.0 Å². The van der Waals surface area contributed by atoms with Crippen LogP contribution in [-0.2, 0) is 27.7 Å². The van der Waals surface area contributed by atoms with Crippen molar-refractivity contribution >= 4 is 17.6 Å². The van der Waals surface area contributed by atoms with Gasteiger partial charge in [0, 0.05) is 42.3 Å². The number of hydrogen-bond donors (Lipinski definition) is 0. The van der Waals surface area contributed by atoms with Crippen LogP contribution in [0.2, 0.25) is 5.02 Å². The Balaban J connectivity index is 1.44. The van der Waals surface area contributed by atoms with E-state index in [1.807, 2.05) is 23.9 Å². The topological polar surface area (TPSA) is 56.6 Å². The summed E-state index contributed by atoms with van der Waals surface area (Å²) in [5, 5.41) is 5.48. The molecule has 1 saturated heterocycles. The maximum absolute atomic E-state index is 11.9. The van der Waals surface area contributed by atoms with Crippen molar-refractivity contribution in [1.29, 1.82) is 0 Å². The van der Waals surface area contributed by atoms with Gasteiger partial charge in [-0.3, -0.25) is 14.4 Å². The Morgan fingerprint density at radius 3 is 2.56 bits per heavy atom. The van der Waals surface area contributed by atoms with Crippen LogP contribution in [0, 0.1) is 6.92 Å². The van der Waals surface area contributed by atoms with Crippen LogP contribution in [0.4, 0.5) is 0 Å². The molecule has 7 heteroatoms. The molecule has 0 N–H and O–H groups in total. The molecule has 2 fully saturated rings. The normalized spacial score (nSPS) is 26.8. The summed E-state index contributed by atoms with van der Waals surface area (Å²) < 4.78 is 13.0. The van der Waals surface area contributed by atoms with Crippen molar-refractivity contribution in [1.82, 2.24) is 14.7 Å². The van der Waals surface area contributed by atoms with Crippen LogP contribution in [0.25, 0.3) is 0 Å². The average molecular weight is 460 g/mol. The number of ether oxygens (including phenoxy) is 2. The zero-order chi connectivity index (χ0) is 22.7. The molecule has 2 atom stereocenters. The Morgan fingerprint density at radius 1 is 1.22 bits per heavy atom. The van der Waals surface area contributed by atoms with Gasteiger partial charge in [0.05, 0.1) is 31.9 Å². The van der Waals surface area contributed by atoms with Gasteiger partial charge in [-0.1, -0.05) is 23.7 Å². The van der Waals surface area contributed by atoms with E-state index in [-0.39, 0.29) is 12.1 Å². The molecule has 174 valence electrons. The van der Waals surface area contributed by atoms with E-state index in [4.69, 9.17) is 26.2 Å². The third kappa shape index (κ3) is 5.53. The minimum absolute atomic E-state index is 0.111. The van der Waals surface area contributed by atoms with Crippen LogP contribution in [0.5, 0.6) is 0 Å². The van der Waals surface area contributed by atoms with E-state index in [2.05, 4.69) is 30.0 Å². The first-order valence-corrected chi connectivity index (χ1v) is 12.0. The fourth-order valence-corrected chi connectivity index (χ4v) is 5.31. The average Bonchev–Trinajstić information content (AvgIpc) is 3.14. The van der Waals surface area contributed by atoms with E-state index in [0.717, 1.165) is 43.7 Å². The highest BCUT2D eigenvalue weighted by molar-refractivity contribution is 6.30. The molecule has 0 amide bonds. The second-order valence-electron chi connectivity index (χ2n) is 9.26. The molecular weight excluding hydrogens is 426 g/mol. The minimum Gasteiger partial charge on any atom is -0.469 e. The predicted molar refractivity (Wildman–Crippen MR) is 125 cm³/mol. The highest BCUT2D eigenvalue weighted by atomic mass is 35.5. The molecule has 32 heavy (non-hydrogen) atoms. The quantitative estimate of drug-likeness (QED) is 0.603. The molecule has 6 nitrogen and oxygen atoms in total. The molecule has 1 aliphatic heterocycles. The van der Waals surface area contributed by atoms with Gasteiger partial charge in [-0.05, 0) is 62.8 Å². The second-order valence-corrected chi connectivity index (χ2v) is 9.69. The number of aryl methyl sites for hydroxylation is 2. The van der Waals surface area contributed by atoms with Crippen LogP contribution in [0.15, 0.2) is 30.3 Å². The van der Waals surface area contributed by atoms with Gasteiger partial charge in [0.25, 0.3) is 0 Å². The lowest BCUT2D eigenvalue weighted by molar-refractivity contribution is -0.148. The van der Waals surface area contributed by atoms with Crippen LogP contribution < -0.4 is 0 Å². The van der Waals surface area contributed by atoms with Crippen LogP contribution in [-0.4, -0.2) is 59.1 Å². The number of hydrogen-bond acceptors (Lipinski definition) is 5. The summed E-state index contributed by atoms with van der Waals surface area (Å²) in [6.45, 7) is 3.51. The molecule has 2 unspecified atom stereocenters. The molecule has 0 spiro atoms. The first-order valence-electron chi connectivity index (χ1n) is 11.6. The van der Waals surface area contributed by atoms with Crippen LogP contribution in [0.3, 0.4) is 0 Å². The van der Waals surface area contributed by atoms with Crippen LogP contribution >= 0.6 is 11.6 Å². The molecule has 4 rings (SSSR count). The lowest BCUT2D eigenvalue weighted by Crippen LogP contribution is -2.55. The summed E-state index contributed by atoms with van der Waals surface area (Å²) in [5.41, 5.74) is 3.70.